The zero-order chi connectivity index (χ0) is 12.1. The van der Waals surface area contributed by atoms with Crippen molar-refractivity contribution in [3.05, 3.63) is 66.5 Å². The zero-order valence-corrected chi connectivity index (χ0v) is 10.0. The minimum Gasteiger partial charge on any atom is -0.448 e. The van der Waals surface area contributed by atoms with Crippen molar-refractivity contribution in [3.63, 3.8) is 0 Å². The quantitative estimate of drug-likeness (QED) is 0.789. The first-order valence-electron chi connectivity index (χ1n) is 5.52. The molecule has 0 atom stereocenters. The van der Waals surface area contributed by atoms with Crippen molar-refractivity contribution in [1.29, 1.82) is 0 Å². The van der Waals surface area contributed by atoms with Gasteiger partial charge in [-0.05, 0) is 38.1 Å². The average Bonchev–Trinajstić information content (AvgIpc) is 2.34. The fraction of sp³-hybridized carbons (Fsp3) is 0.133. The molecule has 2 aromatic carbocycles. The summed E-state index contributed by atoms with van der Waals surface area (Å²) in [7, 11) is 0. The minimum atomic E-state index is 0.766. The van der Waals surface area contributed by atoms with Crippen LogP contribution in [0.2, 0.25) is 0 Å². The van der Waals surface area contributed by atoms with Gasteiger partial charge in [0.2, 0.25) is 0 Å². The fourth-order valence-corrected chi connectivity index (χ4v) is 1.37. The average molecular weight is 227 g/mol. The van der Waals surface area contributed by atoms with Gasteiger partial charge in [0.1, 0.15) is 11.5 Å². The van der Waals surface area contributed by atoms with Crippen molar-refractivity contribution >= 4 is 0 Å². The number of rotatable bonds is 4. The molecule has 17 heavy (non-hydrogen) atoms. The Labute approximate surface area is 102 Å². The molecule has 0 aliphatic carbocycles. The molecule has 0 aliphatic rings. The third-order valence-electron chi connectivity index (χ3n) is 2.41. The molecule has 0 saturated carbocycles. The summed E-state index contributed by atoms with van der Waals surface area (Å²) in [6, 6.07) is 15.6. The Kier molecular flexibility index (Phi) is 3.66. The van der Waals surface area contributed by atoms with E-state index in [1.165, 1.54) is 17.9 Å². The standard InChI is InChI=1S/C15H15O2/c1-12-3-7-14(8-4-12)16-11-17-15-9-5-13(2)6-10-15/h3-11H,1-2H3. The van der Waals surface area contributed by atoms with Gasteiger partial charge in [0.05, 0.1) is 0 Å². The van der Waals surface area contributed by atoms with Crippen LogP contribution in [0.15, 0.2) is 48.5 Å². The van der Waals surface area contributed by atoms with Gasteiger partial charge >= 0.3 is 6.79 Å². The second-order valence-corrected chi connectivity index (χ2v) is 3.96. The van der Waals surface area contributed by atoms with Crippen molar-refractivity contribution in [2.75, 3.05) is 0 Å². The Hall–Kier alpha value is -1.96. The Morgan fingerprint density at radius 1 is 0.647 bits per heavy atom. The van der Waals surface area contributed by atoms with Crippen LogP contribution in [0.3, 0.4) is 0 Å². The number of aryl methyl sites for hydroxylation is 2. The summed E-state index contributed by atoms with van der Waals surface area (Å²) in [6.45, 7) is 5.42. The molecule has 2 nitrogen and oxygen atoms in total. The summed E-state index contributed by atoms with van der Waals surface area (Å²) in [5, 5.41) is 0. The molecule has 0 saturated heterocycles. The van der Waals surface area contributed by atoms with E-state index in [0.29, 0.717) is 0 Å². The largest absolute Gasteiger partial charge is 0.448 e. The number of ether oxygens (including phenoxy) is 2. The van der Waals surface area contributed by atoms with E-state index in [-0.39, 0.29) is 0 Å². The second-order valence-electron chi connectivity index (χ2n) is 3.96. The molecule has 0 amide bonds. The van der Waals surface area contributed by atoms with E-state index >= 15 is 0 Å². The lowest BCUT2D eigenvalue weighted by Gasteiger charge is -2.07. The molecule has 0 unspecified atom stereocenters. The molecule has 1 radical (unpaired) electrons. The first-order chi connectivity index (χ1) is 8.24. The van der Waals surface area contributed by atoms with Gasteiger partial charge in [-0.3, -0.25) is 0 Å². The number of benzene rings is 2. The first kappa shape index (κ1) is 11.5. The Balaban J connectivity index is 1.83. The summed E-state index contributed by atoms with van der Waals surface area (Å²) in [5.41, 5.74) is 2.41. The summed E-state index contributed by atoms with van der Waals surface area (Å²) in [6.07, 6.45) is 0. The van der Waals surface area contributed by atoms with Crippen molar-refractivity contribution in [2.45, 2.75) is 13.8 Å². The molecule has 87 valence electrons. The summed E-state index contributed by atoms with van der Waals surface area (Å²) in [4.78, 5) is 0. The molecule has 0 spiro atoms. The van der Waals surface area contributed by atoms with E-state index in [2.05, 4.69) is 0 Å². The summed E-state index contributed by atoms with van der Waals surface area (Å²) in [5.74, 6) is 1.53. The highest BCUT2D eigenvalue weighted by molar-refractivity contribution is 5.28. The van der Waals surface area contributed by atoms with Crippen LogP contribution in [0.25, 0.3) is 0 Å². The van der Waals surface area contributed by atoms with E-state index in [4.69, 9.17) is 9.47 Å². The Morgan fingerprint density at radius 2 is 1.00 bits per heavy atom. The smallest absolute Gasteiger partial charge is 0.316 e. The topological polar surface area (TPSA) is 18.5 Å². The molecular formula is C15H15O2. The van der Waals surface area contributed by atoms with E-state index in [1.807, 2.05) is 62.4 Å². The lowest BCUT2D eigenvalue weighted by atomic mass is 10.2. The molecule has 0 heterocycles. The van der Waals surface area contributed by atoms with Crippen molar-refractivity contribution in [1.82, 2.24) is 0 Å². The molecule has 0 fully saturated rings. The van der Waals surface area contributed by atoms with Gasteiger partial charge in [0, 0.05) is 0 Å². The number of hydrogen-bond acceptors (Lipinski definition) is 2. The SMILES string of the molecule is Cc1ccc(O[CH]Oc2ccc(C)cc2)cc1. The van der Waals surface area contributed by atoms with Crippen LogP contribution < -0.4 is 9.47 Å². The summed E-state index contributed by atoms with van der Waals surface area (Å²) < 4.78 is 10.7. The third kappa shape index (κ3) is 3.52. The number of hydrogen-bond donors (Lipinski definition) is 0. The van der Waals surface area contributed by atoms with Crippen LogP contribution in [0, 0.1) is 20.6 Å². The van der Waals surface area contributed by atoms with Gasteiger partial charge in [0.15, 0.2) is 0 Å². The normalized spacial score (nSPS) is 10.0. The van der Waals surface area contributed by atoms with Crippen LogP contribution in [0.4, 0.5) is 0 Å². The Morgan fingerprint density at radius 3 is 1.35 bits per heavy atom. The molecule has 0 aliphatic heterocycles. The Bertz CT molecular complexity index is 412. The van der Waals surface area contributed by atoms with Crippen molar-refractivity contribution in [3.8, 4) is 11.5 Å². The highest BCUT2D eigenvalue weighted by Crippen LogP contribution is 2.15. The van der Waals surface area contributed by atoms with Crippen LogP contribution in [-0.4, -0.2) is 0 Å². The van der Waals surface area contributed by atoms with Gasteiger partial charge in [0.25, 0.3) is 0 Å². The maximum absolute atomic E-state index is 5.35. The van der Waals surface area contributed by atoms with E-state index < -0.39 is 0 Å². The van der Waals surface area contributed by atoms with Gasteiger partial charge in [-0.25, -0.2) is 0 Å². The molecule has 2 aromatic rings. The molecule has 0 N–H and O–H groups in total. The van der Waals surface area contributed by atoms with Gasteiger partial charge in [-0.15, -0.1) is 0 Å². The molecule has 2 rings (SSSR count). The maximum Gasteiger partial charge on any atom is 0.316 e. The molecular weight excluding hydrogens is 212 g/mol. The van der Waals surface area contributed by atoms with Crippen LogP contribution in [0.5, 0.6) is 11.5 Å². The van der Waals surface area contributed by atoms with Crippen LogP contribution in [-0.2, 0) is 0 Å². The first-order valence-corrected chi connectivity index (χ1v) is 5.52. The predicted molar refractivity (Wildman–Crippen MR) is 67.9 cm³/mol. The van der Waals surface area contributed by atoms with Crippen molar-refractivity contribution < 1.29 is 9.47 Å². The third-order valence-corrected chi connectivity index (χ3v) is 2.41. The highest BCUT2D eigenvalue weighted by atomic mass is 16.7. The van der Waals surface area contributed by atoms with E-state index in [0.717, 1.165) is 11.5 Å². The van der Waals surface area contributed by atoms with Crippen molar-refractivity contribution in [2.24, 2.45) is 0 Å². The van der Waals surface area contributed by atoms with Crippen LogP contribution in [0.1, 0.15) is 11.1 Å². The molecule has 2 heteroatoms. The van der Waals surface area contributed by atoms with Gasteiger partial charge in [-0.2, -0.15) is 0 Å². The lowest BCUT2D eigenvalue weighted by molar-refractivity contribution is 0.210. The second kappa shape index (κ2) is 5.39. The molecule has 0 aromatic heterocycles. The van der Waals surface area contributed by atoms with Crippen LogP contribution >= 0.6 is 0 Å². The predicted octanol–water partition coefficient (Wildman–Crippen LogP) is 3.88. The van der Waals surface area contributed by atoms with E-state index in [1.54, 1.807) is 0 Å². The van der Waals surface area contributed by atoms with E-state index in [9.17, 15) is 0 Å². The fourth-order valence-electron chi connectivity index (χ4n) is 1.37. The highest BCUT2D eigenvalue weighted by Gasteiger charge is 1.96. The lowest BCUT2D eigenvalue weighted by Crippen LogP contribution is -1.98. The van der Waals surface area contributed by atoms with Gasteiger partial charge < -0.3 is 9.47 Å². The minimum absolute atomic E-state index is 0.766. The maximum atomic E-state index is 5.35. The molecule has 0 bridgehead atoms. The van der Waals surface area contributed by atoms with Gasteiger partial charge in [-0.1, -0.05) is 35.4 Å². The zero-order valence-electron chi connectivity index (χ0n) is 10.0. The summed E-state index contributed by atoms with van der Waals surface area (Å²) >= 11 is 0. The monoisotopic (exact) mass is 227 g/mol.